The summed E-state index contributed by atoms with van der Waals surface area (Å²) in [5.74, 6) is -1.69. The smallest absolute Gasteiger partial charge is 0.352 e. The topological polar surface area (TPSA) is 63.3 Å². The summed E-state index contributed by atoms with van der Waals surface area (Å²) < 4.78 is 13.6. The van der Waals surface area contributed by atoms with Crippen LogP contribution >= 0.6 is 0 Å². The number of carbonyl (C=O) groups is 1. The van der Waals surface area contributed by atoms with E-state index in [1.54, 1.807) is 13.0 Å². The summed E-state index contributed by atoms with van der Waals surface area (Å²) in [6.07, 6.45) is 0. The number of benzene rings is 1. The fourth-order valence-electron chi connectivity index (χ4n) is 1.54. The number of rotatable bonds is 2. The lowest BCUT2D eigenvalue weighted by molar-refractivity contribution is -0.132. The van der Waals surface area contributed by atoms with Gasteiger partial charge in [-0.3, -0.25) is 0 Å². The molecule has 0 heterocycles. The molecule has 4 heteroatoms. The van der Waals surface area contributed by atoms with Crippen LogP contribution in [-0.2, 0) is 4.79 Å². The Morgan fingerprint density at radius 1 is 1.38 bits per heavy atom. The average molecular weight is 223 g/mol. The van der Waals surface area contributed by atoms with Crippen molar-refractivity contribution in [2.24, 2.45) is 5.73 Å². The van der Waals surface area contributed by atoms with Crippen molar-refractivity contribution in [1.82, 2.24) is 0 Å². The van der Waals surface area contributed by atoms with E-state index in [0.29, 0.717) is 5.56 Å². The number of allylic oxidation sites excluding steroid dienone is 1. The summed E-state index contributed by atoms with van der Waals surface area (Å²) in [5.41, 5.74) is 7.21. The van der Waals surface area contributed by atoms with Gasteiger partial charge in [0.25, 0.3) is 0 Å². The first kappa shape index (κ1) is 12.2. The number of halogens is 1. The van der Waals surface area contributed by atoms with E-state index in [-0.39, 0.29) is 16.8 Å². The Labute approximate surface area is 93.4 Å². The summed E-state index contributed by atoms with van der Waals surface area (Å²) in [6, 6.07) is 2.97. The van der Waals surface area contributed by atoms with E-state index in [2.05, 4.69) is 0 Å². The van der Waals surface area contributed by atoms with E-state index in [9.17, 15) is 9.18 Å². The molecule has 0 aliphatic rings. The van der Waals surface area contributed by atoms with Gasteiger partial charge in [-0.25, -0.2) is 9.18 Å². The predicted molar refractivity (Wildman–Crippen MR) is 60.3 cm³/mol. The van der Waals surface area contributed by atoms with Gasteiger partial charge in [0.2, 0.25) is 0 Å². The first-order valence-corrected chi connectivity index (χ1v) is 4.82. The molecule has 0 saturated heterocycles. The standard InChI is InChI=1S/C12H14FNO2/c1-6-4-5-9(13)10(7(6)2)8(3)11(14)12(15)16/h4-5H,14H2,1-3H3,(H,15,16)/b11-8-. The lowest BCUT2D eigenvalue weighted by Crippen LogP contribution is -2.13. The van der Waals surface area contributed by atoms with Crippen LogP contribution in [0.5, 0.6) is 0 Å². The van der Waals surface area contributed by atoms with Crippen LogP contribution in [0.2, 0.25) is 0 Å². The first-order chi connectivity index (χ1) is 7.36. The fourth-order valence-corrected chi connectivity index (χ4v) is 1.54. The summed E-state index contributed by atoms with van der Waals surface area (Å²) in [7, 11) is 0. The molecular weight excluding hydrogens is 209 g/mol. The quantitative estimate of drug-likeness (QED) is 0.755. The van der Waals surface area contributed by atoms with Crippen molar-refractivity contribution in [2.75, 3.05) is 0 Å². The number of aliphatic carboxylic acids is 1. The van der Waals surface area contributed by atoms with E-state index < -0.39 is 11.8 Å². The molecule has 16 heavy (non-hydrogen) atoms. The van der Waals surface area contributed by atoms with Crippen molar-refractivity contribution in [3.05, 3.63) is 40.3 Å². The minimum absolute atomic E-state index is 0.256. The van der Waals surface area contributed by atoms with Crippen molar-refractivity contribution in [1.29, 1.82) is 0 Å². The number of carboxylic acid groups (broad SMARTS) is 1. The van der Waals surface area contributed by atoms with Gasteiger partial charge in [0.05, 0.1) is 0 Å². The zero-order valence-electron chi connectivity index (χ0n) is 9.47. The van der Waals surface area contributed by atoms with Crippen LogP contribution < -0.4 is 5.73 Å². The molecule has 0 saturated carbocycles. The third-order valence-electron chi connectivity index (χ3n) is 2.69. The lowest BCUT2D eigenvalue weighted by Gasteiger charge is -2.11. The molecule has 86 valence electrons. The lowest BCUT2D eigenvalue weighted by atomic mass is 9.96. The largest absolute Gasteiger partial charge is 0.477 e. The van der Waals surface area contributed by atoms with Crippen molar-refractivity contribution < 1.29 is 14.3 Å². The first-order valence-electron chi connectivity index (χ1n) is 4.82. The molecule has 0 aliphatic heterocycles. The number of nitrogens with two attached hydrogens (primary N) is 1. The van der Waals surface area contributed by atoms with Gasteiger partial charge < -0.3 is 10.8 Å². The molecule has 3 N–H and O–H groups in total. The van der Waals surface area contributed by atoms with Crippen LogP contribution in [0.3, 0.4) is 0 Å². The van der Waals surface area contributed by atoms with E-state index in [0.717, 1.165) is 5.56 Å². The Morgan fingerprint density at radius 2 is 1.94 bits per heavy atom. The molecule has 0 fully saturated rings. The highest BCUT2D eigenvalue weighted by Gasteiger charge is 2.15. The van der Waals surface area contributed by atoms with Gasteiger partial charge in [0, 0.05) is 5.56 Å². The van der Waals surface area contributed by atoms with Crippen LogP contribution in [0.25, 0.3) is 5.57 Å². The third kappa shape index (κ3) is 2.05. The Balaban J connectivity index is 3.51. The molecule has 1 rings (SSSR count). The molecule has 0 aliphatic carbocycles. The fraction of sp³-hybridized carbons (Fsp3) is 0.250. The van der Waals surface area contributed by atoms with Crippen LogP contribution in [0.4, 0.5) is 4.39 Å². The molecular formula is C12H14FNO2. The number of carboxylic acids is 1. The maximum Gasteiger partial charge on any atom is 0.352 e. The maximum atomic E-state index is 13.6. The van der Waals surface area contributed by atoms with Gasteiger partial charge in [-0.1, -0.05) is 6.07 Å². The van der Waals surface area contributed by atoms with Crippen LogP contribution in [-0.4, -0.2) is 11.1 Å². The van der Waals surface area contributed by atoms with E-state index in [1.807, 2.05) is 6.92 Å². The van der Waals surface area contributed by atoms with Gasteiger partial charge in [0.1, 0.15) is 11.5 Å². The summed E-state index contributed by atoms with van der Waals surface area (Å²) in [5, 5.41) is 8.76. The third-order valence-corrected chi connectivity index (χ3v) is 2.69. The summed E-state index contributed by atoms with van der Waals surface area (Å²) >= 11 is 0. The van der Waals surface area contributed by atoms with Crippen LogP contribution in [0.15, 0.2) is 17.8 Å². The van der Waals surface area contributed by atoms with Crippen molar-refractivity contribution >= 4 is 11.5 Å². The molecule has 0 atom stereocenters. The highest BCUT2D eigenvalue weighted by atomic mass is 19.1. The second-order valence-electron chi connectivity index (χ2n) is 3.71. The second-order valence-corrected chi connectivity index (χ2v) is 3.71. The van der Waals surface area contributed by atoms with Crippen molar-refractivity contribution in [3.63, 3.8) is 0 Å². The average Bonchev–Trinajstić information content (AvgIpc) is 2.22. The number of aryl methyl sites for hydroxylation is 1. The Morgan fingerprint density at radius 3 is 2.44 bits per heavy atom. The zero-order chi connectivity index (χ0) is 12.5. The minimum atomic E-state index is -1.24. The predicted octanol–water partition coefficient (Wildman–Crippen LogP) is 2.22. The molecule has 1 aromatic carbocycles. The molecule has 0 unspecified atom stereocenters. The Bertz CT molecular complexity index is 478. The molecule has 0 amide bonds. The van der Waals surface area contributed by atoms with Gasteiger partial charge in [0.15, 0.2) is 0 Å². The monoisotopic (exact) mass is 223 g/mol. The zero-order valence-corrected chi connectivity index (χ0v) is 9.47. The van der Waals surface area contributed by atoms with Gasteiger partial charge >= 0.3 is 5.97 Å². The van der Waals surface area contributed by atoms with Crippen LogP contribution in [0, 0.1) is 19.7 Å². The number of hydrogen-bond acceptors (Lipinski definition) is 2. The van der Waals surface area contributed by atoms with Crippen molar-refractivity contribution in [3.8, 4) is 0 Å². The highest BCUT2D eigenvalue weighted by molar-refractivity contribution is 5.95. The highest BCUT2D eigenvalue weighted by Crippen LogP contribution is 2.25. The van der Waals surface area contributed by atoms with Gasteiger partial charge in [-0.2, -0.15) is 0 Å². The molecule has 3 nitrogen and oxygen atoms in total. The van der Waals surface area contributed by atoms with Gasteiger partial charge in [-0.05, 0) is 43.5 Å². The normalized spacial score (nSPS) is 12.2. The van der Waals surface area contributed by atoms with E-state index in [4.69, 9.17) is 10.8 Å². The molecule has 1 aromatic rings. The molecule has 0 aromatic heterocycles. The Hall–Kier alpha value is -1.84. The van der Waals surface area contributed by atoms with E-state index >= 15 is 0 Å². The summed E-state index contributed by atoms with van der Waals surface area (Å²) in [4.78, 5) is 10.7. The summed E-state index contributed by atoms with van der Waals surface area (Å²) in [6.45, 7) is 5.09. The van der Waals surface area contributed by atoms with Crippen molar-refractivity contribution in [2.45, 2.75) is 20.8 Å². The van der Waals surface area contributed by atoms with Crippen LogP contribution in [0.1, 0.15) is 23.6 Å². The van der Waals surface area contributed by atoms with Gasteiger partial charge in [-0.15, -0.1) is 0 Å². The number of hydrogen-bond donors (Lipinski definition) is 2. The molecule has 0 bridgehead atoms. The Kier molecular flexibility index (Phi) is 3.32. The molecule has 0 spiro atoms. The second kappa shape index (κ2) is 4.35. The SMILES string of the molecule is C/C(=C(/N)C(=O)O)c1c(F)ccc(C)c1C. The maximum absolute atomic E-state index is 13.6. The molecule has 0 radical (unpaired) electrons. The minimum Gasteiger partial charge on any atom is -0.477 e. The van der Waals surface area contributed by atoms with E-state index in [1.165, 1.54) is 13.0 Å².